The fraction of sp³-hybridized carbons (Fsp3) is 0.385. The summed E-state index contributed by atoms with van der Waals surface area (Å²) in [5.41, 5.74) is 0.822. The van der Waals surface area contributed by atoms with E-state index in [2.05, 4.69) is 0 Å². The number of hydrogen-bond donors (Lipinski definition) is 1. The van der Waals surface area contributed by atoms with E-state index in [0.717, 1.165) is 5.56 Å². The van der Waals surface area contributed by atoms with E-state index < -0.39 is 17.7 Å². The summed E-state index contributed by atoms with van der Waals surface area (Å²) in [6.45, 7) is 1.55. The van der Waals surface area contributed by atoms with Gasteiger partial charge in [-0.25, -0.2) is 4.39 Å². The highest BCUT2D eigenvalue weighted by atomic mass is 19.1. The Labute approximate surface area is 110 Å². The number of halogens is 1. The lowest BCUT2D eigenvalue weighted by Crippen LogP contribution is -2.33. The second-order valence-corrected chi connectivity index (χ2v) is 4.18. The van der Waals surface area contributed by atoms with Crippen LogP contribution in [0.2, 0.25) is 0 Å². The molecule has 0 aliphatic heterocycles. The van der Waals surface area contributed by atoms with Crippen LogP contribution in [-0.2, 0) is 9.59 Å². The first-order chi connectivity index (χ1) is 8.90. The van der Waals surface area contributed by atoms with Crippen molar-refractivity contribution < 1.29 is 23.8 Å². The highest BCUT2D eigenvalue weighted by Gasteiger charge is 2.12. The maximum Gasteiger partial charge on any atom is 0.305 e. The highest BCUT2D eigenvalue weighted by molar-refractivity contribution is 5.78. The predicted octanol–water partition coefficient (Wildman–Crippen LogP) is 1.45. The van der Waals surface area contributed by atoms with Gasteiger partial charge in [-0.2, -0.15) is 0 Å². The molecular formula is C13H16FNO4. The molecule has 0 fully saturated rings. The number of benzene rings is 1. The van der Waals surface area contributed by atoms with E-state index >= 15 is 0 Å². The highest BCUT2D eigenvalue weighted by Crippen LogP contribution is 2.18. The van der Waals surface area contributed by atoms with E-state index in [4.69, 9.17) is 9.84 Å². The summed E-state index contributed by atoms with van der Waals surface area (Å²) in [6, 6.07) is 4.37. The molecule has 0 unspecified atom stereocenters. The first kappa shape index (κ1) is 14.9. The monoisotopic (exact) mass is 269 g/mol. The zero-order valence-electron chi connectivity index (χ0n) is 10.9. The number of aryl methyl sites for hydroxylation is 1. The van der Waals surface area contributed by atoms with Gasteiger partial charge in [0.15, 0.2) is 18.2 Å². The molecule has 0 bridgehead atoms. The van der Waals surface area contributed by atoms with E-state index in [-0.39, 0.29) is 25.3 Å². The summed E-state index contributed by atoms with van der Waals surface area (Å²) < 4.78 is 18.4. The minimum atomic E-state index is -0.981. The maximum absolute atomic E-state index is 13.3. The molecule has 0 saturated carbocycles. The van der Waals surface area contributed by atoms with Gasteiger partial charge in [0.05, 0.1) is 6.42 Å². The van der Waals surface area contributed by atoms with Gasteiger partial charge in [-0.05, 0) is 24.6 Å². The zero-order valence-corrected chi connectivity index (χ0v) is 10.9. The number of nitrogens with zero attached hydrogens (tertiary/aromatic N) is 1. The van der Waals surface area contributed by atoms with Crippen LogP contribution in [-0.4, -0.2) is 42.1 Å². The Morgan fingerprint density at radius 2 is 2.11 bits per heavy atom. The molecule has 0 aliphatic carbocycles. The van der Waals surface area contributed by atoms with E-state index in [1.165, 1.54) is 24.1 Å². The van der Waals surface area contributed by atoms with E-state index in [1.54, 1.807) is 13.0 Å². The first-order valence-corrected chi connectivity index (χ1v) is 5.75. The number of carbonyl (C=O) groups excluding carboxylic acids is 1. The molecule has 19 heavy (non-hydrogen) atoms. The van der Waals surface area contributed by atoms with Gasteiger partial charge >= 0.3 is 5.97 Å². The van der Waals surface area contributed by atoms with Crippen LogP contribution < -0.4 is 4.74 Å². The number of likely N-dealkylation sites (N-methyl/N-ethyl adjacent to an activating group) is 1. The van der Waals surface area contributed by atoms with Crippen molar-refractivity contribution in [3.63, 3.8) is 0 Å². The van der Waals surface area contributed by atoms with Crippen molar-refractivity contribution in [3.05, 3.63) is 29.6 Å². The average molecular weight is 269 g/mol. The van der Waals surface area contributed by atoms with Crippen molar-refractivity contribution in [2.24, 2.45) is 0 Å². The molecule has 1 amide bonds. The minimum absolute atomic E-state index is 0.0139. The second-order valence-electron chi connectivity index (χ2n) is 4.18. The number of aliphatic carboxylic acids is 1. The Balaban J connectivity index is 2.49. The molecule has 0 radical (unpaired) electrons. The SMILES string of the molecule is Cc1ccc(F)c(OCC(=O)N(C)CCC(=O)O)c1. The molecule has 104 valence electrons. The minimum Gasteiger partial charge on any atom is -0.481 e. The van der Waals surface area contributed by atoms with Crippen molar-refractivity contribution >= 4 is 11.9 Å². The zero-order chi connectivity index (χ0) is 14.4. The van der Waals surface area contributed by atoms with Crippen LogP contribution in [0, 0.1) is 12.7 Å². The predicted molar refractivity (Wildman–Crippen MR) is 66.5 cm³/mol. The molecule has 1 N–H and O–H groups in total. The largest absolute Gasteiger partial charge is 0.481 e. The van der Waals surface area contributed by atoms with Crippen LogP contribution in [0.1, 0.15) is 12.0 Å². The fourth-order valence-corrected chi connectivity index (χ4v) is 1.36. The van der Waals surface area contributed by atoms with Gasteiger partial charge in [-0.15, -0.1) is 0 Å². The van der Waals surface area contributed by atoms with Crippen molar-refractivity contribution in [1.29, 1.82) is 0 Å². The molecule has 0 atom stereocenters. The summed E-state index contributed by atoms with van der Waals surface area (Å²) in [5, 5.41) is 8.50. The number of carbonyl (C=O) groups is 2. The lowest BCUT2D eigenvalue weighted by Gasteiger charge is -2.16. The van der Waals surface area contributed by atoms with Crippen LogP contribution in [0.4, 0.5) is 4.39 Å². The molecular weight excluding hydrogens is 253 g/mol. The molecule has 5 nitrogen and oxygen atoms in total. The molecule has 0 saturated heterocycles. The molecule has 0 spiro atoms. The lowest BCUT2D eigenvalue weighted by molar-refractivity contribution is -0.138. The van der Waals surface area contributed by atoms with E-state index in [9.17, 15) is 14.0 Å². The van der Waals surface area contributed by atoms with Gasteiger partial charge in [-0.3, -0.25) is 9.59 Å². The van der Waals surface area contributed by atoms with Crippen LogP contribution in [0.5, 0.6) is 5.75 Å². The Hall–Kier alpha value is -2.11. The summed E-state index contributed by atoms with van der Waals surface area (Å²) in [4.78, 5) is 23.2. The standard InChI is InChI=1S/C13H16FNO4/c1-9-3-4-10(14)11(7-9)19-8-12(16)15(2)6-5-13(17)18/h3-4,7H,5-6,8H2,1-2H3,(H,17,18). The summed E-state index contributed by atoms with van der Waals surface area (Å²) in [7, 11) is 1.47. The van der Waals surface area contributed by atoms with E-state index in [1.807, 2.05) is 0 Å². The summed E-state index contributed by atoms with van der Waals surface area (Å²) in [6.07, 6.45) is -0.138. The smallest absolute Gasteiger partial charge is 0.305 e. The van der Waals surface area contributed by atoms with Crippen molar-refractivity contribution in [3.8, 4) is 5.75 Å². The topological polar surface area (TPSA) is 66.8 Å². The van der Waals surface area contributed by atoms with Gasteiger partial charge in [-0.1, -0.05) is 6.07 Å². The molecule has 1 aromatic rings. The average Bonchev–Trinajstić information content (AvgIpc) is 2.36. The van der Waals surface area contributed by atoms with Crippen LogP contribution >= 0.6 is 0 Å². The van der Waals surface area contributed by atoms with Gasteiger partial charge in [0, 0.05) is 13.6 Å². The van der Waals surface area contributed by atoms with Crippen molar-refractivity contribution in [2.75, 3.05) is 20.2 Å². The maximum atomic E-state index is 13.3. The number of carboxylic acids is 1. The fourth-order valence-electron chi connectivity index (χ4n) is 1.36. The molecule has 1 rings (SSSR count). The molecule has 1 aromatic carbocycles. The molecule has 0 aromatic heterocycles. The molecule has 0 aliphatic rings. The Morgan fingerprint density at radius 3 is 2.74 bits per heavy atom. The van der Waals surface area contributed by atoms with Gasteiger partial charge in [0.1, 0.15) is 0 Å². The molecule has 0 heterocycles. The Bertz CT molecular complexity index is 476. The first-order valence-electron chi connectivity index (χ1n) is 5.75. The van der Waals surface area contributed by atoms with Gasteiger partial charge in [0.2, 0.25) is 0 Å². The normalized spacial score (nSPS) is 10.1. The quantitative estimate of drug-likeness (QED) is 0.848. The van der Waals surface area contributed by atoms with Gasteiger partial charge in [0.25, 0.3) is 5.91 Å². The Kier molecular flexibility index (Phi) is 5.29. The van der Waals surface area contributed by atoms with Crippen LogP contribution in [0.3, 0.4) is 0 Å². The van der Waals surface area contributed by atoms with E-state index in [0.29, 0.717) is 0 Å². The van der Waals surface area contributed by atoms with Crippen LogP contribution in [0.15, 0.2) is 18.2 Å². The third-order valence-electron chi connectivity index (χ3n) is 2.52. The number of ether oxygens (including phenoxy) is 1. The number of amides is 1. The Morgan fingerprint density at radius 1 is 1.42 bits per heavy atom. The van der Waals surface area contributed by atoms with Crippen LogP contribution in [0.25, 0.3) is 0 Å². The summed E-state index contributed by atoms with van der Waals surface area (Å²) >= 11 is 0. The van der Waals surface area contributed by atoms with Crippen molar-refractivity contribution in [1.82, 2.24) is 4.90 Å². The third kappa shape index (κ3) is 4.95. The summed E-state index contributed by atoms with van der Waals surface area (Å²) in [5.74, 6) is -1.90. The lowest BCUT2D eigenvalue weighted by atomic mass is 10.2. The number of rotatable bonds is 6. The third-order valence-corrected chi connectivity index (χ3v) is 2.52. The number of hydrogen-bond acceptors (Lipinski definition) is 3. The van der Waals surface area contributed by atoms with Gasteiger partial charge < -0.3 is 14.7 Å². The number of carboxylic acid groups (broad SMARTS) is 1. The van der Waals surface area contributed by atoms with Crippen molar-refractivity contribution in [2.45, 2.75) is 13.3 Å². The molecule has 6 heteroatoms. The second kappa shape index (κ2) is 6.72.